The fourth-order valence-corrected chi connectivity index (χ4v) is 4.46. The quantitative estimate of drug-likeness (QED) is 0.696. The molecule has 1 unspecified atom stereocenters. The van der Waals surface area contributed by atoms with E-state index in [0.29, 0.717) is 12.2 Å². The molecule has 1 saturated heterocycles. The number of nitrogens with two attached hydrogens (primary N) is 1. The lowest BCUT2D eigenvalue weighted by Crippen LogP contribution is -2.61. The van der Waals surface area contributed by atoms with E-state index in [1.807, 2.05) is 33.9 Å². The predicted octanol–water partition coefficient (Wildman–Crippen LogP) is 3.67. The molecule has 2 rings (SSSR count). The van der Waals surface area contributed by atoms with Crippen LogP contribution in [0.3, 0.4) is 0 Å². The fourth-order valence-electron chi connectivity index (χ4n) is 3.52. The Morgan fingerprint density at radius 1 is 1.23 bits per heavy atom. The summed E-state index contributed by atoms with van der Waals surface area (Å²) in [4.78, 5) is 19.0. The van der Waals surface area contributed by atoms with Crippen molar-refractivity contribution in [1.29, 1.82) is 0 Å². The highest BCUT2D eigenvalue weighted by atomic mass is 32.2. The highest BCUT2D eigenvalue weighted by Gasteiger charge is 2.44. The van der Waals surface area contributed by atoms with Crippen molar-refractivity contribution < 1.29 is 13.7 Å². The predicted molar refractivity (Wildman–Crippen MR) is 126 cm³/mol. The Labute approximate surface area is 184 Å². The fraction of sp³-hybridized carbons (Fsp3) is 0.727. The number of piperidine rings is 1. The number of anilines is 2. The maximum absolute atomic E-state index is 12.6. The summed E-state index contributed by atoms with van der Waals surface area (Å²) in [6, 6.07) is -0.229. The summed E-state index contributed by atoms with van der Waals surface area (Å²) in [5, 5.41) is 3.07. The van der Waals surface area contributed by atoms with Gasteiger partial charge in [-0.05, 0) is 54.0 Å². The van der Waals surface area contributed by atoms with Gasteiger partial charge in [-0.3, -0.25) is 4.98 Å². The van der Waals surface area contributed by atoms with E-state index in [9.17, 15) is 4.79 Å². The molecule has 1 aliphatic rings. The average Bonchev–Trinajstić information content (AvgIpc) is 2.55. The van der Waals surface area contributed by atoms with Crippen LogP contribution in [0.5, 0.6) is 0 Å². The summed E-state index contributed by atoms with van der Waals surface area (Å²) < 4.78 is 12.1. The van der Waals surface area contributed by atoms with E-state index in [4.69, 9.17) is 14.7 Å². The second kappa shape index (κ2) is 9.22. The number of carbonyl (C=O) groups excluding carboxylic acids is 1. The van der Waals surface area contributed by atoms with Crippen LogP contribution in [-0.4, -0.2) is 52.9 Å². The number of pyridine rings is 1. The average molecular weight is 440 g/mol. The van der Waals surface area contributed by atoms with E-state index in [2.05, 4.69) is 49.2 Å². The summed E-state index contributed by atoms with van der Waals surface area (Å²) in [7, 11) is 0. The SMILES string of the molecule is Cc1cncc(N)c1N1C[C@H](C)[C@@H](O[S+](C)C(C)(C)C)[C@H](NC(=O)OC(C)(C)C)C1. The van der Waals surface area contributed by atoms with Crippen LogP contribution in [0.1, 0.15) is 54.0 Å². The molecule has 8 heteroatoms. The topological polar surface area (TPSA) is 89.7 Å². The molecule has 0 bridgehead atoms. The molecule has 7 nitrogen and oxygen atoms in total. The molecule has 170 valence electrons. The smallest absolute Gasteiger partial charge is 0.408 e. The first kappa shape index (κ1) is 24.6. The molecule has 1 aromatic heterocycles. The number of carbonyl (C=O) groups is 1. The summed E-state index contributed by atoms with van der Waals surface area (Å²) in [6.07, 6.45) is 5.06. The van der Waals surface area contributed by atoms with Gasteiger partial charge in [-0.25, -0.2) is 4.79 Å². The molecule has 30 heavy (non-hydrogen) atoms. The Bertz CT molecular complexity index is 725. The number of amides is 1. The summed E-state index contributed by atoms with van der Waals surface area (Å²) >= 11 is -0.270. The number of nitrogen functional groups attached to an aromatic ring is 1. The third kappa shape index (κ3) is 6.41. The van der Waals surface area contributed by atoms with Crippen LogP contribution in [0.15, 0.2) is 12.4 Å². The number of rotatable bonds is 4. The lowest BCUT2D eigenvalue weighted by Gasteiger charge is -2.43. The van der Waals surface area contributed by atoms with Gasteiger partial charge in [0.1, 0.15) is 29.1 Å². The van der Waals surface area contributed by atoms with Crippen LogP contribution in [0.4, 0.5) is 16.2 Å². The molecule has 1 aromatic rings. The zero-order valence-corrected chi connectivity index (χ0v) is 20.7. The minimum Gasteiger partial charge on any atom is -0.444 e. The number of aromatic nitrogens is 1. The van der Waals surface area contributed by atoms with Crippen LogP contribution in [0.2, 0.25) is 0 Å². The van der Waals surface area contributed by atoms with Crippen molar-refractivity contribution in [2.45, 2.75) is 77.9 Å². The van der Waals surface area contributed by atoms with Gasteiger partial charge < -0.3 is 20.7 Å². The zero-order valence-electron chi connectivity index (χ0n) is 19.9. The van der Waals surface area contributed by atoms with Crippen molar-refractivity contribution in [3.63, 3.8) is 0 Å². The Hall–Kier alpha value is -1.67. The largest absolute Gasteiger partial charge is 0.444 e. The number of nitrogens with one attached hydrogen (secondary N) is 1. The lowest BCUT2D eigenvalue weighted by molar-refractivity contribution is 0.0391. The van der Waals surface area contributed by atoms with E-state index in [0.717, 1.165) is 17.8 Å². The molecule has 1 fully saturated rings. The minimum absolute atomic E-state index is 0.0272. The van der Waals surface area contributed by atoms with E-state index < -0.39 is 11.7 Å². The molecule has 1 aliphatic heterocycles. The Morgan fingerprint density at radius 3 is 2.40 bits per heavy atom. The maximum atomic E-state index is 12.6. The minimum atomic E-state index is -0.563. The lowest BCUT2D eigenvalue weighted by atomic mass is 9.91. The molecule has 0 spiro atoms. The van der Waals surface area contributed by atoms with Gasteiger partial charge in [0.2, 0.25) is 0 Å². The van der Waals surface area contributed by atoms with Gasteiger partial charge in [-0.15, -0.1) is 0 Å². The molecule has 3 N–H and O–H groups in total. The third-order valence-electron chi connectivity index (χ3n) is 5.15. The van der Waals surface area contributed by atoms with Crippen LogP contribution >= 0.6 is 0 Å². The molecule has 0 aliphatic carbocycles. The number of alkyl carbamates (subject to hydrolysis) is 1. The Kier molecular flexibility index (Phi) is 7.56. The molecule has 0 aromatic carbocycles. The highest BCUT2D eigenvalue weighted by molar-refractivity contribution is 7.93. The van der Waals surface area contributed by atoms with Gasteiger partial charge in [-0.1, -0.05) is 6.92 Å². The Morgan fingerprint density at radius 2 is 1.87 bits per heavy atom. The standard InChI is InChI=1S/C22H38N4O3S/c1-14-10-24-11-16(23)18(14)26-12-15(2)19(29-30(9)22(6,7)8)17(13-26)25-20(27)28-21(3,4)5/h10-11,15,17,19H,12-13,23H2,1-9H3/p+1/t15-,17+,19+,30?/m0/s1. The van der Waals surface area contributed by atoms with Crippen molar-refractivity contribution in [3.05, 3.63) is 18.0 Å². The number of aryl methyl sites for hydroxylation is 1. The van der Waals surface area contributed by atoms with Gasteiger partial charge in [0.15, 0.2) is 4.75 Å². The summed E-state index contributed by atoms with van der Waals surface area (Å²) in [5.41, 5.74) is 8.32. The number of ether oxygens (including phenoxy) is 1. The van der Waals surface area contributed by atoms with E-state index >= 15 is 0 Å². The first-order valence-electron chi connectivity index (χ1n) is 10.5. The molecular weight excluding hydrogens is 400 g/mol. The van der Waals surface area contributed by atoms with E-state index in [1.54, 1.807) is 6.20 Å². The summed E-state index contributed by atoms with van der Waals surface area (Å²) in [5.74, 6) is 0.183. The van der Waals surface area contributed by atoms with Crippen molar-refractivity contribution in [3.8, 4) is 0 Å². The van der Waals surface area contributed by atoms with Gasteiger partial charge in [0.05, 0.1) is 23.6 Å². The van der Waals surface area contributed by atoms with Crippen LogP contribution in [0.25, 0.3) is 0 Å². The normalized spacial score (nSPS) is 23.8. The van der Waals surface area contributed by atoms with E-state index in [-0.39, 0.29) is 34.0 Å². The third-order valence-corrected chi connectivity index (χ3v) is 7.38. The Balaban J connectivity index is 2.30. The van der Waals surface area contributed by atoms with Gasteiger partial charge in [0.25, 0.3) is 0 Å². The first-order chi connectivity index (χ1) is 13.7. The van der Waals surface area contributed by atoms with Gasteiger partial charge in [0, 0.05) is 25.2 Å². The molecule has 2 heterocycles. The van der Waals surface area contributed by atoms with Crippen LogP contribution in [-0.2, 0) is 20.1 Å². The highest BCUT2D eigenvalue weighted by Crippen LogP contribution is 2.33. The van der Waals surface area contributed by atoms with Gasteiger partial charge >= 0.3 is 6.09 Å². The van der Waals surface area contributed by atoms with Crippen molar-refractivity contribution in [2.24, 2.45) is 5.92 Å². The molecule has 1 amide bonds. The van der Waals surface area contributed by atoms with Gasteiger partial charge in [-0.2, -0.15) is 4.18 Å². The van der Waals surface area contributed by atoms with Crippen molar-refractivity contribution in [1.82, 2.24) is 10.3 Å². The number of nitrogens with zero attached hydrogens (tertiary/aromatic N) is 2. The maximum Gasteiger partial charge on any atom is 0.408 e. The summed E-state index contributed by atoms with van der Waals surface area (Å²) in [6.45, 7) is 17.6. The molecular formula is C22H39N4O3S+. The number of hydrogen-bond donors (Lipinski definition) is 2. The van der Waals surface area contributed by atoms with E-state index in [1.165, 1.54) is 0 Å². The van der Waals surface area contributed by atoms with Crippen molar-refractivity contribution in [2.75, 3.05) is 30.0 Å². The number of hydrogen-bond acceptors (Lipinski definition) is 6. The second-order valence-corrected chi connectivity index (χ2v) is 12.5. The monoisotopic (exact) mass is 439 g/mol. The second-order valence-electron chi connectivity index (χ2n) is 10.2. The molecule has 4 atom stereocenters. The molecule has 0 radical (unpaired) electrons. The van der Waals surface area contributed by atoms with Crippen LogP contribution < -0.4 is 16.0 Å². The van der Waals surface area contributed by atoms with Crippen LogP contribution in [0, 0.1) is 12.8 Å². The first-order valence-corrected chi connectivity index (χ1v) is 12.0. The van der Waals surface area contributed by atoms with Crippen molar-refractivity contribution >= 4 is 28.6 Å². The molecule has 0 saturated carbocycles. The zero-order chi connectivity index (χ0) is 22.9.